The normalized spacial score (nSPS) is 15.3. The van der Waals surface area contributed by atoms with E-state index >= 15 is 0 Å². The lowest BCUT2D eigenvalue weighted by Gasteiger charge is -2.16. The fourth-order valence-electron chi connectivity index (χ4n) is 5.50. The molecule has 3 aromatic carbocycles. The lowest BCUT2D eigenvalue weighted by Crippen LogP contribution is -2.20. The molecule has 1 atom stereocenters. The summed E-state index contributed by atoms with van der Waals surface area (Å²) in [4.78, 5) is 12.2. The number of benzene rings is 3. The molecule has 5 aromatic rings. The molecule has 0 saturated carbocycles. The number of unbranched alkanes of at least 4 members (excludes halogenated alkanes) is 1. The minimum atomic E-state index is -0.534. The Morgan fingerprint density at radius 3 is 2.55 bits per heavy atom. The van der Waals surface area contributed by atoms with Gasteiger partial charge in [-0.15, -0.1) is 0 Å². The molecule has 1 saturated heterocycles. The van der Waals surface area contributed by atoms with Crippen molar-refractivity contribution in [3.05, 3.63) is 102 Å². The van der Waals surface area contributed by atoms with Crippen molar-refractivity contribution >= 4 is 5.52 Å². The highest BCUT2D eigenvalue weighted by Crippen LogP contribution is 2.36. The van der Waals surface area contributed by atoms with Gasteiger partial charge in [-0.3, -0.25) is 14.3 Å². The first-order valence-corrected chi connectivity index (χ1v) is 14.5. The van der Waals surface area contributed by atoms with Gasteiger partial charge in [-0.1, -0.05) is 49.7 Å². The molecule has 0 aliphatic carbocycles. The van der Waals surface area contributed by atoms with Gasteiger partial charge in [0.15, 0.2) is 11.5 Å². The average Bonchev–Trinajstić information content (AvgIpc) is 3.64. The van der Waals surface area contributed by atoms with E-state index in [2.05, 4.69) is 51.5 Å². The Balaban J connectivity index is 1.31. The van der Waals surface area contributed by atoms with Crippen LogP contribution >= 0.6 is 0 Å². The van der Waals surface area contributed by atoms with Crippen LogP contribution in [0.5, 0.6) is 23.1 Å². The number of hydrogen-bond donors (Lipinski definition) is 0. The summed E-state index contributed by atoms with van der Waals surface area (Å²) in [5.74, 6) is 2.19. The van der Waals surface area contributed by atoms with Gasteiger partial charge in [-0.2, -0.15) is 4.39 Å². The lowest BCUT2D eigenvalue weighted by molar-refractivity contribution is 0.290. The zero-order chi connectivity index (χ0) is 28.9. The second-order valence-electron chi connectivity index (χ2n) is 10.6. The van der Waals surface area contributed by atoms with Crippen LogP contribution in [0.25, 0.3) is 16.8 Å². The van der Waals surface area contributed by atoms with E-state index in [1.165, 1.54) is 12.7 Å². The van der Waals surface area contributed by atoms with Gasteiger partial charge in [-0.05, 0) is 61.3 Å². The number of hydrogen-bond acceptors (Lipinski definition) is 6. The van der Waals surface area contributed by atoms with Crippen LogP contribution in [0, 0.1) is 5.82 Å². The van der Waals surface area contributed by atoms with Gasteiger partial charge in [0.2, 0.25) is 11.7 Å². The first-order chi connectivity index (χ1) is 20.6. The predicted octanol–water partition coefficient (Wildman–Crippen LogP) is 7.50. The molecule has 0 amide bonds. The summed E-state index contributed by atoms with van der Waals surface area (Å²) in [6.45, 7) is 5.63. The average molecular weight is 567 g/mol. The Hall–Kier alpha value is -4.43. The number of fused-ring (bicyclic) bond motifs is 1. The summed E-state index contributed by atoms with van der Waals surface area (Å²) < 4.78 is 33.9. The summed E-state index contributed by atoms with van der Waals surface area (Å²) in [5.41, 5.74) is 3.96. The Kier molecular flexibility index (Phi) is 8.33. The van der Waals surface area contributed by atoms with Gasteiger partial charge in [0.1, 0.15) is 11.6 Å². The molecule has 0 bridgehead atoms. The third-order valence-corrected chi connectivity index (χ3v) is 7.68. The van der Waals surface area contributed by atoms with Crippen molar-refractivity contribution in [2.24, 2.45) is 0 Å². The predicted molar refractivity (Wildman–Crippen MR) is 161 cm³/mol. The van der Waals surface area contributed by atoms with E-state index in [0.29, 0.717) is 18.2 Å². The van der Waals surface area contributed by atoms with Crippen LogP contribution in [-0.4, -0.2) is 46.1 Å². The van der Waals surface area contributed by atoms with E-state index in [9.17, 15) is 4.39 Å². The molecular formula is C34H35FN4O3. The second kappa shape index (κ2) is 12.6. The van der Waals surface area contributed by atoms with E-state index < -0.39 is 5.82 Å². The molecule has 6 rings (SSSR count). The number of nitrogens with zero attached hydrogens (tertiary/aromatic N) is 4. The molecular weight excluding hydrogens is 531 g/mol. The molecule has 216 valence electrons. The molecule has 0 radical (unpaired) electrons. The third kappa shape index (κ3) is 5.81. The highest BCUT2D eigenvalue weighted by atomic mass is 19.1. The van der Waals surface area contributed by atoms with Crippen molar-refractivity contribution in [3.8, 4) is 34.4 Å². The molecule has 1 aliphatic rings. The number of rotatable bonds is 11. The quantitative estimate of drug-likeness (QED) is 0.154. The van der Waals surface area contributed by atoms with Crippen LogP contribution < -0.4 is 14.2 Å². The van der Waals surface area contributed by atoms with Crippen molar-refractivity contribution in [2.75, 3.05) is 26.8 Å². The van der Waals surface area contributed by atoms with Gasteiger partial charge in [0.25, 0.3) is 0 Å². The Morgan fingerprint density at radius 1 is 0.952 bits per heavy atom. The molecule has 42 heavy (non-hydrogen) atoms. The maximum Gasteiger partial charge on any atom is 0.218 e. The van der Waals surface area contributed by atoms with Crippen LogP contribution in [0.3, 0.4) is 0 Å². The molecule has 1 unspecified atom stereocenters. The van der Waals surface area contributed by atoms with Crippen molar-refractivity contribution in [3.63, 3.8) is 0 Å². The SMILES string of the molecule is CCCCOc1cncc2c(-c3ccc(Oc4cccc(OC)c4F)cc3)nc(C3CCN(Cc4ccccc4)C3)n12. The minimum absolute atomic E-state index is 0.108. The smallest absolute Gasteiger partial charge is 0.218 e. The van der Waals surface area contributed by atoms with E-state index in [-0.39, 0.29) is 17.4 Å². The number of halogens is 1. The molecule has 0 N–H and O–H groups in total. The molecule has 8 heteroatoms. The van der Waals surface area contributed by atoms with Gasteiger partial charge in [-0.25, -0.2) is 4.98 Å². The van der Waals surface area contributed by atoms with Gasteiger partial charge >= 0.3 is 0 Å². The minimum Gasteiger partial charge on any atom is -0.494 e. The summed E-state index contributed by atoms with van der Waals surface area (Å²) in [5, 5.41) is 0. The Morgan fingerprint density at radius 2 is 1.76 bits per heavy atom. The van der Waals surface area contributed by atoms with Crippen LogP contribution in [0.15, 0.2) is 85.2 Å². The standard InChI is InChI=1S/C34H35FN4O3/c1-3-4-19-41-31-21-36-20-28-33(25-13-15-27(16-14-25)42-30-12-8-11-29(40-2)32(30)35)37-34(39(28)31)26-17-18-38(23-26)22-24-9-6-5-7-10-24/h5-16,20-21,26H,3-4,17-19,22-23H2,1-2H3. The summed E-state index contributed by atoms with van der Waals surface area (Å²) >= 11 is 0. The van der Waals surface area contributed by atoms with E-state index in [4.69, 9.17) is 19.2 Å². The number of likely N-dealkylation sites (tertiary alicyclic amines) is 1. The molecule has 0 spiro atoms. The highest BCUT2D eigenvalue weighted by Gasteiger charge is 2.30. The lowest BCUT2D eigenvalue weighted by atomic mass is 10.1. The van der Waals surface area contributed by atoms with Crippen LogP contribution in [-0.2, 0) is 6.54 Å². The zero-order valence-electron chi connectivity index (χ0n) is 24.0. The maximum atomic E-state index is 14.6. The van der Waals surface area contributed by atoms with Crippen molar-refractivity contribution in [1.29, 1.82) is 0 Å². The Labute approximate surface area is 245 Å². The van der Waals surface area contributed by atoms with Crippen molar-refractivity contribution < 1.29 is 18.6 Å². The number of aromatic nitrogens is 3. The van der Waals surface area contributed by atoms with Crippen molar-refractivity contribution in [2.45, 2.75) is 38.6 Å². The summed E-state index contributed by atoms with van der Waals surface area (Å²) in [7, 11) is 1.43. The fourth-order valence-corrected chi connectivity index (χ4v) is 5.50. The Bertz CT molecular complexity index is 1640. The molecule has 2 aromatic heterocycles. The molecule has 1 fully saturated rings. The van der Waals surface area contributed by atoms with Gasteiger partial charge < -0.3 is 14.2 Å². The first-order valence-electron chi connectivity index (χ1n) is 14.5. The van der Waals surface area contributed by atoms with E-state index in [1.807, 2.05) is 30.5 Å². The number of ether oxygens (including phenoxy) is 3. The maximum absolute atomic E-state index is 14.6. The zero-order valence-corrected chi connectivity index (χ0v) is 24.0. The van der Waals surface area contributed by atoms with Crippen LogP contribution in [0.4, 0.5) is 4.39 Å². The number of imidazole rings is 1. The molecule has 7 nitrogen and oxygen atoms in total. The van der Waals surface area contributed by atoms with Gasteiger partial charge in [0, 0.05) is 24.6 Å². The highest BCUT2D eigenvalue weighted by molar-refractivity contribution is 5.78. The second-order valence-corrected chi connectivity index (χ2v) is 10.6. The topological polar surface area (TPSA) is 61.1 Å². The van der Waals surface area contributed by atoms with Gasteiger partial charge in [0.05, 0.1) is 37.3 Å². The summed E-state index contributed by atoms with van der Waals surface area (Å²) in [6, 6.07) is 23.0. The van der Waals surface area contributed by atoms with Crippen LogP contribution in [0.2, 0.25) is 0 Å². The van der Waals surface area contributed by atoms with E-state index in [0.717, 1.165) is 61.5 Å². The van der Waals surface area contributed by atoms with Crippen LogP contribution in [0.1, 0.15) is 43.5 Å². The third-order valence-electron chi connectivity index (χ3n) is 7.68. The first kappa shape index (κ1) is 27.7. The molecule has 1 aliphatic heterocycles. The van der Waals surface area contributed by atoms with E-state index in [1.54, 1.807) is 24.4 Å². The number of methoxy groups -OCH3 is 1. The largest absolute Gasteiger partial charge is 0.494 e. The summed E-state index contributed by atoms with van der Waals surface area (Å²) in [6.07, 6.45) is 6.67. The van der Waals surface area contributed by atoms with Crippen molar-refractivity contribution in [1.82, 2.24) is 19.3 Å². The molecule has 3 heterocycles. The fraction of sp³-hybridized carbons (Fsp3) is 0.294. The monoisotopic (exact) mass is 566 g/mol.